The van der Waals surface area contributed by atoms with Crippen LogP contribution >= 0.6 is 11.8 Å². The number of carbonyl (C=O) groups is 2. The predicted molar refractivity (Wildman–Crippen MR) is 118 cm³/mol. The van der Waals surface area contributed by atoms with Crippen LogP contribution in [0.2, 0.25) is 0 Å². The third kappa shape index (κ3) is 4.69. The molecule has 3 rings (SSSR count). The Morgan fingerprint density at radius 1 is 1.45 bits per heavy atom. The van der Waals surface area contributed by atoms with Crippen LogP contribution in [-0.2, 0) is 14.3 Å². The van der Waals surface area contributed by atoms with Crippen LogP contribution in [0.25, 0.3) is 0 Å². The summed E-state index contributed by atoms with van der Waals surface area (Å²) in [5.41, 5.74) is 1.79. The predicted octanol–water partition coefficient (Wildman–Crippen LogP) is 3.43. The first-order valence-electron chi connectivity index (χ1n) is 9.60. The molecule has 0 aliphatic carbocycles. The minimum Gasteiger partial charge on any atom is -0.458 e. The molecule has 0 aromatic heterocycles. The number of rotatable bonds is 8. The van der Waals surface area contributed by atoms with Crippen molar-refractivity contribution in [3.8, 4) is 0 Å². The van der Waals surface area contributed by atoms with Crippen molar-refractivity contribution in [2.45, 2.75) is 26.3 Å². The van der Waals surface area contributed by atoms with Gasteiger partial charge in [-0.1, -0.05) is 36.5 Å². The number of nitro benzene ring substituents is 1. The zero-order valence-corrected chi connectivity index (χ0v) is 18.0. The Labute approximate surface area is 183 Å². The second-order valence-electron chi connectivity index (χ2n) is 6.76. The summed E-state index contributed by atoms with van der Waals surface area (Å²) < 4.78 is 5.28. The van der Waals surface area contributed by atoms with Crippen molar-refractivity contribution in [1.29, 1.82) is 0 Å². The third-order valence-corrected chi connectivity index (χ3v) is 5.55. The van der Waals surface area contributed by atoms with Crippen molar-refractivity contribution < 1.29 is 19.2 Å². The summed E-state index contributed by atoms with van der Waals surface area (Å²) in [6, 6.07) is 5.37. The van der Waals surface area contributed by atoms with Crippen molar-refractivity contribution in [2.24, 2.45) is 4.99 Å². The number of nitrogens with one attached hydrogen (secondary N) is 1. The number of hydrogen-bond acceptors (Lipinski definition) is 8. The highest BCUT2D eigenvalue weighted by Crippen LogP contribution is 2.45. The van der Waals surface area contributed by atoms with Crippen molar-refractivity contribution in [2.75, 3.05) is 13.2 Å². The Morgan fingerprint density at radius 3 is 2.90 bits per heavy atom. The molecule has 2 aliphatic heterocycles. The SMILES string of the molecule is C=CCOC(=O)C1=C(C)N=C2SC=C(CC(=O)NCC)N2C1c1cccc([N+](=O)[O-])c1. The normalized spacial score (nSPS) is 17.5. The van der Waals surface area contributed by atoms with E-state index in [0.29, 0.717) is 28.7 Å². The van der Waals surface area contributed by atoms with Gasteiger partial charge in [-0.25, -0.2) is 9.79 Å². The van der Waals surface area contributed by atoms with Crippen LogP contribution in [0.15, 0.2) is 64.3 Å². The van der Waals surface area contributed by atoms with E-state index in [0.717, 1.165) is 0 Å². The molecule has 1 atom stereocenters. The standard InChI is InChI=1S/C21H22N4O5S/c1-4-9-30-20(27)18-13(3)23-21-24(16(12-31-21)11-17(26)22-5-2)19(18)14-7-6-8-15(10-14)25(28)29/h4,6-8,10,12,19H,1,5,9,11H2,2-3H3,(H,22,26). The monoisotopic (exact) mass is 442 g/mol. The fourth-order valence-electron chi connectivity index (χ4n) is 3.39. The van der Waals surface area contributed by atoms with Gasteiger partial charge in [0.15, 0.2) is 5.17 Å². The molecule has 2 aliphatic rings. The van der Waals surface area contributed by atoms with Gasteiger partial charge in [0, 0.05) is 24.4 Å². The Balaban J connectivity index is 2.09. The number of nitro groups is 1. The topological polar surface area (TPSA) is 114 Å². The minimum atomic E-state index is -0.722. The molecule has 1 amide bonds. The number of amidine groups is 1. The summed E-state index contributed by atoms with van der Waals surface area (Å²) in [7, 11) is 0. The van der Waals surface area contributed by atoms with E-state index in [2.05, 4.69) is 16.9 Å². The first kappa shape index (κ1) is 22.3. The molecule has 0 saturated heterocycles. The van der Waals surface area contributed by atoms with Crippen LogP contribution in [0.3, 0.4) is 0 Å². The maximum atomic E-state index is 12.9. The molecule has 0 saturated carbocycles. The second-order valence-corrected chi connectivity index (χ2v) is 7.60. The number of hydrogen-bond donors (Lipinski definition) is 1. The lowest BCUT2D eigenvalue weighted by atomic mass is 9.93. The maximum Gasteiger partial charge on any atom is 0.338 e. The summed E-state index contributed by atoms with van der Waals surface area (Å²) >= 11 is 1.34. The number of aliphatic imine (C=N–C) groups is 1. The van der Waals surface area contributed by atoms with Gasteiger partial charge in [0.2, 0.25) is 5.91 Å². The van der Waals surface area contributed by atoms with Crippen LogP contribution in [0.5, 0.6) is 0 Å². The van der Waals surface area contributed by atoms with Gasteiger partial charge in [-0.2, -0.15) is 0 Å². The number of fused-ring (bicyclic) bond motifs is 1. The van der Waals surface area contributed by atoms with E-state index >= 15 is 0 Å². The molecule has 9 nitrogen and oxygen atoms in total. The Morgan fingerprint density at radius 2 is 2.23 bits per heavy atom. The number of esters is 1. The number of carbonyl (C=O) groups excluding carboxylic acids is 2. The molecular weight excluding hydrogens is 420 g/mol. The first-order valence-corrected chi connectivity index (χ1v) is 10.5. The fourth-order valence-corrected chi connectivity index (χ4v) is 4.36. The van der Waals surface area contributed by atoms with Gasteiger partial charge in [0.25, 0.3) is 5.69 Å². The lowest BCUT2D eigenvalue weighted by molar-refractivity contribution is -0.384. The van der Waals surface area contributed by atoms with Gasteiger partial charge in [-0.05, 0) is 24.8 Å². The largest absolute Gasteiger partial charge is 0.458 e. The van der Waals surface area contributed by atoms with E-state index in [1.165, 1.54) is 30.0 Å². The van der Waals surface area contributed by atoms with Crippen molar-refractivity contribution in [1.82, 2.24) is 10.2 Å². The average molecular weight is 442 g/mol. The van der Waals surface area contributed by atoms with Gasteiger partial charge in [-0.3, -0.25) is 14.9 Å². The molecule has 1 aromatic carbocycles. The zero-order chi connectivity index (χ0) is 22.5. The van der Waals surface area contributed by atoms with Crippen LogP contribution in [0, 0.1) is 10.1 Å². The smallest absolute Gasteiger partial charge is 0.338 e. The number of allylic oxidation sites excluding steroid dienone is 1. The Bertz CT molecular complexity index is 1030. The van der Waals surface area contributed by atoms with Gasteiger partial charge in [0.1, 0.15) is 6.61 Å². The summed E-state index contributed by atoms with van der Waals surface area (Å²) in [6.45, 7) is 7.59. The minimum absolute atomic E-state index is 0.0181. The molecule has 0 radical (unpaired) electrons. The highest BCUT2D eigenvalue weighted by molar-refractivity contribution is 8.16. The number of non-ortho nitro benzene ring substituents is 1. The Kier molecular flexibility index (Phi) is 6.91. The lowest BCUT2D eigenvalue weighted by Crippen LogP contribution is -2.38. The fraction of sp³-hybridized carbons (Fsp3) is 0.286. The van der Waals surface area contributed by atoms with E-state index in [9.17, 15) is 19.7 Å². The molecule has 1 N–H and O–H groups in total. The molecular formula is C21H22N4O5S. The summed E-state index contributed by atoms with van der Waals surface area (Å²) in [5.74, 6) is -0.763. The van der Waals surface area contributed by atoms with Crippen molar-refractivity contribution in [3.63, 3.8) is 0 Å². The van der Waals surface area contributed by atoms with Crippen molar-refractivity contribution in [3.05, 3.63) is 75.0 Å². The number of nitrogens with zero attached hydrogens (tertiary/aromatic N) is 3. The Hall–Kier alpha value is -3.40. The average Bonchev–Trinajstić information content (AvgIpc) is 3.13. The van der Waals surface area contributed by atoms with Crippen LogP contribution in [0.1, 0.15) is 31.9 Å². The van der Waals surface area contributed by atoms with Gasteiger partial charge in [-0.15, -0.1) is 0 Å². The molecule has 162 valence electrons. The quantitative estimate of drug-likeness (QED) is 0.284. The van der Waals surface area contributed by atoms with Crippen molar-refractivity contribution >= 4 is 34.5 Å². The van der Waals surface area contributed by atoms with Crippen LogP contribution in [0.4, 0.5) is 5.69 Å². The van der Waals surface area contributed by atoms with E-state index in [-0.39, 0.29) is 30.2 Å². The molecule has 1 unspecified atom stereocenters. The van der Waals surface area contributed by atoms with E-state index < -0.39 is 16.9 Å². The summed E-state index contributed by atoms with van der Waals surface area (Å²) in [5, 5.41) is 16.5. The van der Waals surface area contributed by atoms with Crippen LogP contribution in [-0.4, -0.2) is 40.0 Å². The first-order chi connectivity index (χ1) is 14.9. The summed E-state index contributed by atoms with van der Waals surface area (Å²) in [4.78, 5) is 42.3. The van der Waals surface area contributed by atoms with Gasteiger partial charge in [0.05, 0.1) is 28.7 Å². The molecule has 2 heterocycles. The van der Waals surface area contributed by atoms with Crippen LogP contribution < -0.4 is 5.32 Å². The zero-order valence-electron chi connectivity index (χ0n) is 17.2. The van der Waals surface area contributed by atoms with Gasteiger partial charge < -0.3 is 15.0 Å². The number of amides is 1. The third-order valence-electron chi connectivity index (χ3n) is 4.67. The second kappa shape index (κ2) is 9.61. The number of thioether (sulfide) groups is 1. The highest BCUT2D eigenvalue weighted by atomic mass is 32.2. The van der Waals surface area contributed by atoms with E-state index in [4.69, 9.17) is 4.74 Å². The number of benzene rings is 1. The lowest BCUT2D eigenvalue weighted by Gasteiger charge is -2.36. The highest BCUT2D eigenvalue weighted by Gasteiger charge is 2.41. The van der Waals surface area contributed by atoms with Gasteiger partial charge >= 0.3 is 5.97 Å². The molecule has 0 spiro atoms. The molecule has 0 fully saturated rings. The molecule has 1 aromatic rings. The summed E-state index contributed by atoms with van der Waals surface area (Å²) in [6.07, 6.45) is 1.54. The number of ether oxygens (including phenoxy) is 1. The van der Waals surface area contributed by atoms with E-state index in [1.807, 2.05) is 12.3 Å². The molecule has 31 heavy (non-hydrogen) atoms. The molecule has 10 heteroatoms. The molecule has 0 bridgehead atoms. The van der Waals surface area contributed by atoms with E-state index in [1.54, 1.807) is 24.0 Å². The maximum absolute atomic E-state index is 12.9.